The van der Waals surface area contributed by atoms with Crippen molar-refractivity contribution < 1.29 is 0 Å². The van der Waals surface area contributed by atoms with Crippen molar-refractivity contribution in [3.63, 3.8) is 0 Å². The number of hydrogen-bond donors (Lipinski definition) is 2. The summed E-state index contributed by atoms with van der Waals surface area (Å²) in [6.45, 7) is 2.89. The van der Waals surface area contributed by atoms with Gasteiger partial charge < -0.3 is 10.6 Å². The number of benzene rings is 1. The summed E-state index contributed by atoms with van der Waals surface area (Å²) in [7, 11) is 0. The number of hydrogen-bond acceptors (Lipinski definition) is 6. The molecule has 0 amide bonds. The predicted molar refractivity (Wildman–Crippen MR) is 93.1 cm³/mol. The molecule has 0 unspecified atom stereocenters. The number of nitrogens with zero attached hydrogens (tertiary/aromatic N) is 2. The van der Waals surface area contributed by atoms with Crippen LogP contribution in [-0.2, 0) is 0 Å². The first kappa shape index (κ1) is 14.2. The molecule has 6 heteroatoms. The summed E-state index contributed by atoms with van der Waals surface area (Å²) in [5.41, 5.74) is 1.04. The van der Waals surface area contributed by atoms with Gasteiger partial charge in [-0.1, -0.05) is 11.8 Å². The number of anilines is 3. The molecule has 0 bridgehead atoms. The van der Waals surface area contributed by atoms with Crippen LogP contribution in [-0.4, -0.2) is 22.8 Å². The third kappa shape index (κ3) is 3.28. The molecule has 0 fully saturated rings. The van der Waals surface area contributed by atoms with Gasteiger partial charge in [-0.3, -0.25) is 0 Å². The first-order chi connectivity index (χ1) is 10.3. The Bertz CT molecular complexity index is 754. The molecule has 2 heterocycles. The van der Waals surface area contributed by atoms with Crippen molar-refractivity contribution in [3.8, 4) is 0 Å². The van der Waals surface area contributed by atoms with Crippen LogP contribution in [0.15, 0.2) is 40.9 Å². The summed E-state index contributed by atoms with van der Waals surface area (Å²) in [6.07, 6.45) is 1.98. The maximum Gasteiger partial charge on any atom is 0.191 e. The van der Waals surface area contributed by atoms with E-state index in [4.69, 9.17) is 0 Å². The smallest absolute Gasteiger partial charge is 0.191 e. The number of nitrogens with one attached hydrogen (secondary N) is 2. The van der Waals surface area contributed by atoms with E-state index >= 15 is 0 Å². The van der Waals surface area contributed by atoms with Gasteiger partial charge in [0.2, 0.25) is 0 Å². The van der Waals surface area contributed by atoms with Crippen LogP contribution in [0, 0.1) is 0 Å². The summed E-state index contributed by atoms with van der Waals surface area (Å²) < 4.78 is 1.29. The Labute approximate surface area is 132 Å². The molecule has 108 valence electrons. The van der Waals surface area contributed by atoms with Gasteiger partial charge >= 0.3 is 0 Å². The summed E-state index contributed by atoms with van der Waals surface area (Å²) in [6, 6.07) is 10.4. The lowest BCUT2D eigenvalue weighted by Crippen LogP contribution is -2.03. The molecule has 0 spiro atoms. The monoisotopic (exact) mass is 316 g/mol. The number of rotatable bonds is 5. The fraction of sp³-hybridized carbons (Fsp3) is 0.200. The van der Waals surface area contributed by atoms with Crippen LogP contribution in [0.2, 0.25) is 0 Å². The molecule has 21 heavy (non-hydrogen) atoms. The van der Waals surface area contributed by atoms with E-state index in [2.05, 4.69) is 57.2 Å². The fourth-order valence-electron chi connectivity index (χ4n) is 2.04. The minimum absolute atomic E-state index is 0.757. The third-order valence-corrected chi connectivity index (χ3v) is 4.42. The molecule has 3 rings (SSSR count). The highest BCUT2D eigenvalue weighted by Gasteiger charge is 2.05. The second-order valence-electron chi connectivity index (χ2n) is 4.45. The molecule has 1 aromatic carbocycles. The normalized spacial score (nSPS) is 10.8. The molecule has 0 saturated heterocycles. The van der Waals surface area contributed by atoms with E-state index in [0.717, 1.165) is 29.0 Å². The molecule has 2 N–H and O–H groups in total. The molecule has 0 atom stereocenters. The van der Waals surface area contributed by atoms with Gasteiger partial charge in [-0.25, -0.2) is 9.97 Å². The van der Waals surface area contributed by atoms with Gasteiger partial charge in [0.1, 0.15) is 11.6 Å². The van der Waals surface area contributed by atoms with Crippen LogP contribution in [0.3, 0.4) is 0 Å². The summed E-state index contributed by atoms with van der Waals surface area (Å²) in [4.78, 5) is 8.93. The minimum atomic E-state index is 0.757. The van der Waals surface area contributed by atoms with Crippen LogP contribution in [0.25, 0.3) is 10.1 Å². The van der Waals surface area contributed by atoms with Gasteiger partial charge in [-0.15, -0.1) is 11.3 Å². The topological polar surface area (TPSA) is 49.8 Å². The molecular weight excluding hydrogens is 300 g/mol. The van der Waals surface area contributed by atoms with E-state index < -0.39 is 0 Å². The Kier molecular flexibility index (Phi) is 4.26. The molecule has 0 aliphatic heterocycles. The molecular formula is C15H16N4S2. The van der Waals surface area contributed by atoms with Crippen LogP contribution in [0.1, 0.15) is 6.92 Å². The first-order valence-corrected chi connectivity index (χ1v) is 8.80. The van der Waals surface area contributed by atoms with Gasteiger partial charge in [0.25, 0.3) is 0 Å². The second kappa shape index (κ2) is 6.32. The van der Waals surface area contributed by atoms with E-state index in [0.29, 0.717) is 0 Å². The Hall–Kier alpha value is -1.79. The molecule has 2 aromatic heterocycles. The summed E-state index contributed by atoms with van der Waals surface area (Å²) in [5, 5.41) is 10.7. The number of thioether (sulfide) groups is 1. The van der Waals surface area contributed by atoms with Crippen molar-refractivity contribution in [2.75, 3.05) is 23.4 Å². The lowest BCUT2D eigenvalue weighted by Gasteiger charge is -2.10. The first-order valence-electron chi connectivity index (χ1n) is 6.69. The van der Waals surface area contributed by atoms with Crippen molar-refractivity contribution in [1.29, 1.82) is 0 Å². The molecule has 4 nitrogen and oxygen atoms in total. The number of fused-ring (bicyclic) bond motifs is 1. The van der Waals surface area contributed by atoms with Crippen LogP contribution in [0.4, 0.5) is 17.3 Å². The highest BCUT2D eigenvalue weighted by atomic mass is 32.2. The van der Waals surface area contributed by atoms with Crippen LogP contribution in [0.5, 0.6) is 0 Å². The summed E-state index contributed by atoms with van der Waals surface area (Å²) >= 11 is 3.29. The maximum absolute atomic E-state index is 4.50. The van der Waals surface area contributed by atoms with Gasteiger partial charge in [-0.2, -0.15) is 0 Å². The SMILES string of the molecule is CCNc1cc(Nc2ccc3sccc3c2)nc(SC)n1. The molecule has 0 aliphatic carbocycles. The summed E-state index contributed by atoms with van der Waals surface area (Å²) in [5.74, 6) is 1.65. The minimum Gasteiger partial charge on any atom is -0.370 e. The lowest BCUT2D eigenvalue weighted by atomic mass is 10.2. The second-order valence-corrected chi connectivity index (χ2v) is 6.17. The van der Waals surface area contributed by atoms with E-state index in [-0.39, 0.29) is 0 Å². The van der Waals surface area contributed by atoms with Gasteiger partial charge in [-0.05, 0) is 48.2 Å². The zero-order valence-corrected chi connectivity index (χ0v) is 13.5. The Morgan fingerprint density at radius 2 is 2.00 bits per heavy atom. The predicted octanol–water partition coefficient (Wildman–Crippen LogP) is 4.59. The molecule has 0 aliphatic rings. The highest BCUT2D eigenvalue weighted by Crippen LogP contribution is 2.26. The lowest BCUT2D eigenvalue weighted by molar-refractivity contribution is 0.967. The quantitative estimate of drug-likeness (QED) is 0.532. The standard InChI is InChI=1S/C15H16N4S2/c1-3-16-13-9-14(19-15(18-13)20-2)17-11-4-5-12-10(8-11)6-7-21-12/h4-9H,3H2,1-2H3,(H2,16,17,18,19). The Balaban J connectivity index is 1.90. The fourth-order valence-corrected chi connectivity index (χ4v) is 3.19. The average Bonchev–Trinajstić information content (AvgIpc) is 2.95. The number of thiophene rings is 1. The average molecular weight is 316 g/mol. The molecule has 3 aromatic rings. The van der Waals surface area contributed by atoms with E-state index in [9.17, 15) is 0 Å². The highest BCUT2D eigenvalue weighted by molar-refractivity contribution is 7.98. The van der Waals surface area contributed by atoms with Crippen LogP contribution >= 0.6 is 23.1 Å². The Morgan fingerprint density at radius 3 is 2.81 bits per heavy atom. The van der Waals surface area contributed by atoms with Crippen molar-refractivity contribution in [1.82, 2.24) is 9.97 Å². The maximum atomic E-state index is 4.50. The van der Waals surface area contributed by atoms with E-state index in [1.54, 1.807) is 11.3 Å². The zero-order chi connectivity index (χ0) is 14.7. The van der Waals surface area contributed by atoms with Gasteiger partial charge in [0.05, 0.1) is 0 Å². The van der Waals surface area contributed by atoms with Crippen LogP contribution < -0.4 is 10.6 Å². The number of aromatic nitrogens is 2. The largest absolute Gasteiger partial charge is 0.370 e. The van der Waals surface area contributed by atoms with Crippen molar-refractivity contribution >= 4 is 50.5 Å². The zero-order valence-electron chi connectivity index (χ0n) is 11.9. The van der Waals surface area contributed by atoms with Crippen molar-refractivity contribution in [2.45, 2.75) is 12.1 Å². The van der Waals surface area contributed by atoms with E-state index in [1.165, 1.54) is 21.8 Å². The van der Waals surface area contributed by atoms with E-state index in [1.807, 2.05) is 12.3 Å². The third-order valence-electron chi connectivity index (χ3n) is 2.97. The van der Waals surface area contributed by atoms with Crippen molar-refractivity contribution in [3.05, 3.63) is 35.7 Å². The van der Waals surface area contributed by atoms with Gasteiger partial charge in [0.15, 0.2) is 5.16 Å². The van der Waals surface area contributed by atoms with Crippen molar-refractivity contribution in [2.24, 2.45) is 0 Å². The molecule has 0 saturated carbocycles. The Morgan fingerprint density at radius 1 is 1.14 bits per heavy atom. The van der Waals surface area contributed by atoms with Gasteiger partial charge in [0, 0.05) is 23.0 Å². The molecule has 0 radical (unpaired) electrons.